The summed E-state index contributed by atoms with van der Waals surface area (Å²) in [7, 11) is 0. The first-order chi connectivity index (χ1) is 13.3. The highest BCUT2D eigenvalue weighted by atomic mass is 16.6. The highest BCUT2D eigenvalue weighted by molar-refractivity contribution is 6.15. The third-order valence-corrected chi connectivity index (χ3v) is 4.88. The molecule has 1 heterocycles. The Hall–Kier alpha value is -3.19. The van der Waals surface area contributed by atoms with Gasteiger partial charge in [-0.15, -0.1) is 0 Å². The van der Waals surface area contributed by atoms with Gasteiger partial charge in [0.1, 0.15) is 11.5 Å². The van der Waals surface area contributed by atoms with Gasteiger partial charge in [0.05, 0.1) is 16.1 Å². The largest absolute Gasteiger partial charge is 0.507 e. The Labute approximate surface area is 163 Å². The second-order valence-corrected chi connectivity index (χ2v) is 6.65. The van der Waals surface area contributed by atoms with Crippen molar-refractivity contribution in [1.29, 1.82) is 0 Å². The van der Waals surface area contributed by atoms with E-state index < -0.39 is 4.92 Å². The quantitative estimate of drug-likeness (QED) is 0.460. The zero-order valence-electron chi connectivity index (χ0n) is 16.1. The Bertz CT molecular complexity index is 977. The van der Waals surface area contributed by atoms with Gasteiger partial charge in [-0.3, -0.25) is 19.8 Å². The molecule has 0 saturated carbocycles. The summed E-state index contributed by atoms with van der Waals surface area (Å²) in [5.74, 6) is 0.253. The number of non-ortho nitro benzene ring substituents is 1. The Kier molecular flexibility index (Phi) is 5.46. The second kappa shape index (κ2) is 7.82. The maximum absolute atomic E-state index is 12.9. The van der Waals surface area contributed by atoms with Gasteiger partial charge in [-0.05, 0) is 43.3 Å². The first-order valence-electron chi connectivity index (χ1n) is 9.12. The van der Waals surface area contributed by atoms with Crippen LogP contribution in [-0.4, -0.2) is 33.8 Å². The average Bonchev–Trinajstić information content (AvgIpc) is 2.98. The average molecular weight is 382 g/mol. The fourth-order valence-electron chi connectivity index (χ4n) is 3.28. The zero-order chi connectivity index (χ0) is 20.4. The van der Waals surface area contributed by atoms with E-state index in [1.807, 2.05) is 13.8 Å². The number of phenolic OH excluding ortho intramolecular Hbond substituents is 1. The molecule has 0 spiro atoms. The molecule has 0 bridgehead atoms. The van der Waals surface area contributed by atoms with E-state index in [2.05, 4.69) is 4.90 Å². The Morgan fingerprint density at radius 2 is 1.96 bits per heavy atom. The summed E-state index contributed by atoms with van der Waals surface area (Å²) in [6, 6.07) is 7.57. The number of aromatic hydroxyl groups is 1. The molecule has 28 heavy (non-hydrogen) atoms. The van der Waals surface area contributed by atoms with Crippen LogP contribution in [0.2, 0.25) is 0 Å². The van der Waals surface area contributed by atoms with Crippen LogP contribution in [0.1, 0.15) is 40.9 Å². The Balaban J connectivity index is 2.03. The van der Waals surface area contributed by atoms with Crippen molar-refractivity contribution >= 4 is 17.5 Å². The van der Waals surface area contributed by atoms with E-state index in [4.69, 9.17) is 4.74 Å². The summed E-state index contributed by atoms with van der Waals surface area (Å²) in [5, 5.41) is 21.4. The molecular formula is C21H22N2O5. The number of fused-ring (bicyclic) bond motifs is 1. The minimum Gasteiger partial charge on any atom is -0.507 e. The second-order valence-electron chi connectivity index (χ2n) is 6.65. The summed E-state index contributed by atoms with van der Waals surface area (Å²) in [4.78, 5) is 25.5. The number of carbonyl (C=O) groups is 1. The lowest BCUT2D eigenvalue weighted by atomic mass is 9.99. The lowest BCUT2D eigenvalue weighted by Crippen LogP contribution is -2.22. The minimum absolute atomic E-state index is 0.0617. The van der Waals surface area contributed by atoms with Crippen LogP contribution >= 0.6 is 0 Å². The number of hydrogen-bond acceptors (Lipinski definition) is 6. The number of ketones is 1. The Morgan fingerprint density at radius 3 is 2.61 bits per heavy atom. The molecule has 1 aliphatic rings. The molecule has 0 aliphatic carbocycles. The van der Waals surface area contributed by atoms with Crippen molar-refractivity contribution in [1.82, 2.24) is 4.90 Å². The standard InChI is InChI=1S/C21H22N2O5/c1-4-22(5-2)12-16-17(24)9-13(3)19-20(25)18(28-21(16)19)11-14-7-6-8-15(10-14)23(26)27/h6-11,24H,4-5,12H2,1-3H3/b18-11-. The molecule has 7 nitrogen and oxygen atoms in total. The van der Waals surface area contributed by atoms with Gasteiger partial charge >= 0.3 is 0 Å². The van der Waals surface area contributed by atoms with Crippen molar-refractivity contribution in [2.75, 3.05) is 13.1 Å². The highest BCUT2D eigenvalue weighted by Gasteiger charge is 2.33. The van der Waals surface area contributed by atoms with Crippen molar-refractivity contribution in [3.8, 4) is 11.5 Å². The van der Waals surface area contributed by atoms with Gasteiger partial charge in [0, 0.05) is 18.7 Å². The van der Waals surface area contributed by atoms with Gasteiger partial charge in [0.25, 0.3) is 5.69 Å². The van der Waals surface area contributed by atoms with Crippen LogP contribution in [0.4, 0.5) is 5.69 Å². The Morgan fingerprint density at radius 1 is 1.25 bits per heavy atom. The molecule has 0 fully saturated rings. The number of nitro groups is 1. The molecule has 0 saturated heterocycles. The third kappa shape index (κ3) is 3.61. The normalized spacial score (nSPS) is 14.4. The molecule has 0 aromatic heterocycles. The smallest absolute Gasteiger partial charge is 0.270 e. The van der Waals surface area contributed by atoms with Crippen LogP contribution in [0.15, 0.2) is 36.1 Å². The first kappa shape index (κ1) is 19.6. The maximum atomic E-state index is 12.9. The molecule has 0 atom stereocenters. The highest BCUT2D eigenvalue weighted by Crippen LogP contribution is 2.42. The minimum atomic E-state index is -0.488. The fourth-order valence-corrected chi connectivity index (χ4v) is 3.28. The number of hydrogen-bond donors (Lipinski definition) is 1. The van der Waals surface area contributed by atoms with Gasteiger partial charge in [-0.1, -0.05) is 26.0 Å². The molecule has 0 amide bonds. The lowest BCUT2D eigenvalue weighted by molar-refractivity contribution is -0.384. The number of ether oxygens (including phenoxy) is 1. The van der Waals surface area contributed by atoms with Gasteiger partial charge in [0.15, 0.2) is 5.76 Å². The van der Waals surface area contributed by atoms with E-state index in [0.29, 0.717) is 34.5 Å². The SMILES string of the molecule is CCN(CC)Cc1c(O)cc(C)c2c1O/C(=C\c1cccc([N+](=O)[O-])c1)C2=O. The number of Topliss-reactive ketones (excluding diaryl/α,β-unsaturated/α-hetero) is 1. The van der Waals surface area contributed by atoms with Crippen LogP contribution in [0, 0.1) is 17.0 Å². The lowest BCUT2D eigenvalue weighted by Gasteiger charge is -2.20. The van der Waals surface area contributed by atoms with Crippen molar-refractivity contribution in [3.05, 3.63) is 68.5 Å². The number of phenols is 1. The first-order valence-corrected chi connectivity index (χ1v) is 9.12. The van der Waals surface area contributed by atoms with Crippen molar-refractivity contribution < 1.29 is 19.6 Å². The predicted octanol–water partition coefficient (Wildman–Crippen LogP) is 4.07. The van der Waals surface area contributed by atoms with E-state index in [9.17, 15) is 20.0 Å². The fraction of sp³-hybridized carbons (Fsp3) is 0.286. The molecule has 0 radical (unpaired) electrons. The van der Waals surface area contributed by atoms with Crippen molar-refractivity contribution in [2.45, 2.75) is 27.3 Å². The van der Waals surface area contributed by atoms with E-state index in [-0.39, 0.29) is 23.0 Å². The summed E-state index contributed by atoms with van der Waals surface area (Å²) >= 11 is 0. The zero-order valence-corrected chi connectivity index (χ0v) is 16.1. The monoisotopic (exact) mass is 382 g/mol. The van der Waals surface area contributed by atoms with Gasteiger partial charge < -0.3 is 9.84 Å². The van der Waals surface area contributed by atoms with E-state index in [1.165, 1.54) is 18.2 Å². The van der Waals surface area contributed by atoms with E-state index >= 15 is 0 Å². The van der Waals surface area contributed by atoms with Gasteiger partial charge in [-0.25, -0.2) is 0 Å². The molecular weight excluding hydrogens is 360 g/mol. The van der Waals surface area contributed by atoms with Crippen LogP contribution in [0.5, 0.6) is 11.5 Å². The maximum Gasteiger partial charge on any atom is 0.270 e. The molecule has 146 valence electrons. The number of rotatable bonds is 6. The number of allylic oxidation sites excluding steroid dienone is 1. The predicted molar refractivity (Wildman–Crippen MR) is 106 cm³/mol. The van der Waals surface area contributed by atoms with Crippen LogP contribution < -0.4 is 4.74 Å². The van der Waals surface area contributed by atoms with Crippen molar-refractivity contribution in [3.63, 3.8) is 0 Å². The van der Waals surface area contributed by atoms with Crippen LogP contribution in [-0.2, 0) is 6.54 Å². The number of aryl methyl sites for hydroxylation is 1. The molecule has 7 heteroatoms. The molecule has 1 N–H and O–H groups in total. The van der Waals surface area contributed by atoms with Gasteiger partial charge in [-0.2, -0.15) is 0 Å². The topological polar surface area (TPSA) is 92.9 Å². The molecule has 3 rings (SSSR count). The number of benzene rings is 2. The van der Waals surface area contributed by atoms with Crippen LogP contribution in [0.25, 0.3) is 6.08 Å². The van der Waals surface area contributed by atoms with E-state index in [1.54, 1.807) is 25.1 Å². The molecule has 2 aromatic rings. The molecule has 1 aliphatic heterocycles. The number of carbonyl (C=O) groups excluding carboxylic acids is 1. The summed E-state index contributed by atoms with van der Waals surface area (Å²) in [6.07, 6.45) is 1.49. The summed E-state index contributed by atoms with van der Waals surface area (Å²) in [6.45, 7) is 7.84. The number of nitro benzene ring substituents is 1. The molecule has 2 aromatic carbocycles. The van der Waals surface area contributed by atoms with Gasteiger partial charge in [0.2, 0.25) is 5.78 Å². The van der Waals surface area contributed by atoms with Crippen molar-refractivity contribution in [2.24, 2.45) is 0 Å². The summed E-state index contributed by atoms with van der Waals surface area (Å²) < 4.78 is 5.86. The van der Waals surface area contributed by atoms with E-state index in [0.717, 1.165) is 13.1 Å². The third-order valence-electron chi connectivity index (χ3n) is 4.88. The molecule has 0 unspecified atom stereocenters. The van der Waals surface area contributed by atoms with Crippen LogP contribution in [0.3, 0.4) is 0 Å². The summed E-state index contributed by atoms with van der Waals surface area (Å²) in [5.41, 5.74) is 2.06. The number of nitrogens with zero attached hydrogens (tertiary/aromatic N) is 2.